The van der Waals surface area contributed by atoms with E-state index in [-0.39, 0.29) is 12.5 Å². The van der Waals surface area contributed by atoms with Gasteiger partial charge in [-0.15, -0.1) is 0 Å². The van der Waals surface area contributed by atoms with Crippen LogP contribution in [-0.2, 0) is 17.8 Å². The molecule has 5 nitrogen and oxygen atoms in total. The first-order valence-corrected chi connectivity index (χ1v) is 7.92. The summed E-state index contributed by atoms with van der Waals surface area (Å²) in [5.41, 5.74) is 10.1. The Kier molecular flexibility index (Phi) is 5.44. The van der Waals surface area contributed by atoms with Crippen LogP contribution in [0.3, 0.4) is 0 Å². The smallest absolute Gasteiger partial charge is 0.225 e. The van der Waals surface area contributed by atoms with E-state index in [1.807, 2.05) is 39.0 Å². The summed E-state index contributed by atoms with van der Waals surface area (Å²) < 4.78 is 1.71. The third-order valence-corrected chi connectivity index (χ3v) is 4.65. The molecule has 1 atom stereocenters. The third kappa shape index (κ3) is 3.57. The second-order valence-electron chi connectivity index (χ2n) is 5.71. The number of nitrogens with two attached hydrogens (primary N) is 1. The Bertz CT molecular complexity index is 725. The van der Waals surface area contributed by atoms with Crippen molar-refractivity contribution in [2.45, 2.75) is 39.7 Å². The van der Waals surface area contributed by atoms with Crippen LogP contribution in [0.1, 0.15) is 34.0 Å². The van der Waals surface area contributed by atoms with Crippen molar-refractivity contribution in [3.63, 3.8) is 0 Å². The summed E-state index contributed by atoms with van der Waals surface area (Å²) in [6.45, 7) is 6.08. The lowest BCUT2D eigenvalue weighted by Crippen LogP contribution is -2.24. The highest BCUT2D eigenvalue weighted by molar-refractivity contribution is 6.31. The molecular weight excluding hydrogens is 314 g/mol. The van der Waals surface area contributed by atoms with Crippen LogP contribution in [0.25, 0.3) is 0 Å². The van der Waals surface area contributed by atoms with Crippen molar-refractivity contribution < 1.29 is 9.90 Å². The molecule has 0 bridgehead atoms. The number of rotatable bonds is 6. The van der Waals surface area contributed by atoms with E-state index in [0.717, 1.165) is 28.1 Å². The van der Waals surface area contributed by atoms with E-state index < -0.39 is 5.92 Å². The summed E-state index contributed by atoms with van der Waals surface area (Å²) in [6.07, 6.45) is 0.480. The number of carbonyl (C=O) groups excluding carboxylic acids is 1. The maximum absolute atomic E-state index is 12.1. The molecule has 0 fully saturated rings. The van der Waals surface area contributed by atoms with Gasteiger partial charge in [-0.2, -0.15) is 5.10 Å². The minimum atomic E-state index is -0.473. The Morgan fingerprint density at radius 2 is 2.09 bits per heavy atom. The number of aliphatic hydroxyl groups is 1. The van der Waals surface area contributed by atoms with Crippen LogP contribution in [0, 0.1) is 20.8 Å². The van der Waals surface area contributed by atoms with Crippen molar-refractivity contribution >= 4 is 17.5 Å². The molecule has 124 valence electrons. The number of carbonyl (C=O) groups is 1. The molecular formula is C17H22ClN3O2. The van der Waals surface area contributed by atoms with Gasteiger partial charge in [0.2, 0.25) is 5.91 Å². The number of halogens is 1. The van der Waals surface area contributed by atoms with Crippen LogP contribution < -0.4 is 5.73 Å². The van der Waals surface area contributed by atoms with Crippen molar-refractivity contribution in [3.05, 3.63) is 51.3 Å². The molecule has 0 aliphatic carbocycles. The lowest BCUT2D eigenvalue weighted by molar-refractivity contribution is -0.119. The molecule has 0 spiro atoms. The SMILES string of the molecule is Cc1nn(CCO)c(C)c1C(Cc1cccc(Cl)c1C)C(N)=O. The van der Waals surface area contributed by atoms with E-state index in [1.165, 1.54) is 0 Å². The van der Waals surface area contributed by atoms with E-state index in [4.69, 9.17) is 22.4 Å². The Balaban J connectivity index is 2.44. The summed E-state index contributed by atoms with van der Waals surface area (Å²) in [6, 6.07) is 5.66. The zero-order chi connectivity index (χ0) is 17.1. The fourth-order valence-corrected chi connectivity index (χ4v) is 3.16. The predicted molar refractivity (Wildman–Crippen MR) is 90.6 cm³/mol. The maximum Gasteiger partial charge on any atom is 0.225 e. The maximum atomic E-state index is 12.1. The highest BCUT2D eigenvalue weighted by Gasteiger charge is 2.26. The normalized spacial score (nSPS) is 12.4. The van der Waals surface area contributed by atoms with Crippen LogP contribution in [0.5, 0.6) is 0 Å². The fraction of sp³-hybridized carbons (Fsp3) is 0.412. The first kappa shape index (κ1) is 17.5. The van der Waals surface area contributed by atoms with Gasteiger partial charge in [0, 0.05) is 16.3 Å². The van der Waals surface area contributed by atoms with Gasteiger partial charge in [-0.05, 0) is 44.4 Å². The number of aromatic nitrogens is 2. The number of benzene rings is 1. The summed E-state index contributed by atoms with van der Waals surface area (Å²) in [7, 11) is 0. The monoisotopic (exact) mass is 335 g/mol. The number of aliphatic hydroxyl groups excluding tert-OH is 1. The first-order valence-electron chi connectivity index (χ1n) is 7.54. The van der Waals surface area contributed by atoms with Gasteiger partial charge >= 0.3 is 0 Å². The molecule has 0 saturated carbocycles. The standard InChI is InChI=1S/C17H22ClN3O2/c1-10-13(5-4-6-15(10)18)9-14(17(19)23)16-11(2)20-21(7-8-22)12(16)3/h4-6,14,22H,7-9H2,1-3H3,(H2,19,23). The van der Waals surface area contributed by atoms with Crippen molar-refractivity contribution in [2.24, 2.45) is 5.73 Å². The van der Waals surface area contributed by atoms with Gasteiger partial charge in [-0.3, -0.25) is 9.48 Å². The van der Waals surface area contributed by atoms with Crippen molar-refractivity contribution in [1.82, 2.24) is 9.78 Å². The highest BCUT2D eigenvalue weighted by atomic mass is 35.5. The van der Waals surface area contributed by atoms with Gasteiger partial charge in [-0.1, -0.05) is 23.7 Å². The van der Waals surface area contributed by atoms with Gasteiger partial charge in [-0.25, -0.2) is 0 Å². The van der Waals surface area contributed by atoms with Crippen molar-refractivity contribution in [2.75, 3.05) is 6.61 Å². The van der Waals surface area contributed by atoms with Gasteiger partial charge in [0.15, 0.2) is 0 Å². The topological polar surface area (TPSA) is 81.1 Å². The van der Waals surface area contributed by atoms with E-state index in [1.54, 1.807) is 4.68 Å². The average molecular weight is 336 g/mol. The molecule has 1 amide bonds. The second-order valence-corrected chi connectivity index (χ2v) is 6.12. The quantitative estimate of drug-likeness (QED) is 0.849. The van der Waals surface area contributed by atoms with E-state index in [9.17, 15) is 4.79 Å². The van der Waals surface area contributed by atoms with E-state index in [2.05, 4.69) is 5.10 Å². The number of aryl methyl sites for hydroxylation is 1. The van der Waals surface area contributed by atoms with Crippen LogP contribution in [-0.4, -0.2) is 27.4 Å². The molecule has 0 aliphatic rings. The van der Waals surface area contributed by atoms with E-state index >= 15 is 0 Å². The molecule has 0 radical (unpaired) electrons. The number of hydrogen-bond acceptors (Lipinski definition) is 3. The van der Waals surface area contributed by atoms with E-state index in [0.29, 0.717) is 18.0 Å². The van der Waals surface area contributed by atoms with Crippen molar-refractivity contribution in [1.29, 1.82) is 0 Å². The number of amides is 1. The first-order chi connectivity index (χ1) is 10.9. The summed E-state index contributed by atoms with van der Waals surface area (Å²) in [4.78, 5) is 12.1. The number of nitrogens with zero attached hydrogens (tertiary/aromatic N) is 2. The minimum Gasteiger partial charge on any atom is -0.394 e. The molecule has 1 unspecified atom stereocenters. The minimum absolute atomic E-state index is 0.00393. The summed E-state index contributed by atoms with van der Waals surface area (Å²) in [5.74, 6) is -0.862. The Morgan fingerprint density at radius 1 is 1.39 bits per heavy atom. The lowest BCUT2D eigenvalue weighted by Gasteiger charge is -2.16. The number of primary amides is 1. The summed E-state index contributed by atoms with van der Waals surface area (Å²) in [5, 5.41) is 14.2. The van der Waals surface area contributed by atoms with Crippen LogP contribution >= 0.6 is 11.6 Å². The molecule has 2 rings (SSSR count). The second kappa shape index (κ2) is 7.15. The molecule has 1 heterocycles. The summed E-state index contributed by atoms with van der Waals surface area (Å²) >= 11 is 6.17. The molecule has 0 aliphatic heterocycles. The fourth-order valence-electron chi connectivity index (χ4n) is 2.97. The molecule has 3 N–H and O–H groups in total. The Labute approximate surface area is 141 Å². The lowest BCUT2D eigenvalue weighted by atomic mass is 9.88. The van der Waals surface area contributed by atoms with Crippen molar-refractivity contribution in [3.8, 4) is 0 Å². The highest BCUT2D eigenvalue weighted by Crippen LogP contribution is 2.29. The van der Waals surface area contributed by atoms with Gasteiger partial charge in [0.25, 0.3) is 0 Å². The average Bonchev–Trinajstić information content (AvgIpc) is 2.76. The zero-order valence-corrected chi connectivity index (χ0v) is 14.4. The van der Waals surface area contributed by atoms with Crippen LogP contribution in [0.2, 0.25) is 5.02 Å². The van der Waals surface area contributed by atoms with Gasteiger partial charge < -0.3 is 10.8 Å². The molecule has 1 aromatic carbocycles. The zero-order valence-electron chi connectivity index (χ0n) is 13.6. The Hall–Kier alpha value is -1.85. The largest absolute Gasteiger partial charge is 0.394 e. The molecule has 0 saturated heterocycles. The molecule has 23 heavy (non-hydrogen) atoms. The Morgan fingerprint density at radius 3 is 2.70 bits per heavy atom. The van der Waals surface area contributed by atoms with Gasteiger partial charge in [0.05, 0.1) is 24.8 Å². The van der Waals surface area contributed by atoms with Gasteiger partial charge in [0.1, 0.15) is 0 Å². The third-order valence-electron chi connectivity index (χ3n) is 4.25. The molecule has 6 heteroatoms. The molecule has 2 aromatic rings. The predicted octanol–water partition coefficient (Wildman–Crippen LogP) is 2.27. The number of hydrogen-bond donors (Lipinski definition) is 2. The van der Waals surface area contributed by atoms with Crippen LogP contribution in [0.15, 0.2) is 18.2 Å². The molecule has 1 aromatic heterocycles. The van der Waals surface area contributed by atoms with Crippen LogP contribution in [0.4, 0.5) is 0 Å².